The predicted octanol–water partition coefficient (Wildman–Crippen LogP) is 1.45. The fraction of sp³-hybridized carbons (Fsp3) is 0.778. The number of nitrogens with zero attached hydrogens (tertiary/aromatic N) is 3. The van der Waals surface area contributed by atoms with E-state index in [9.17, 15) is 4.79 Å². The van der Waals surface area contributed by atoms with Crippen LogP contribution in [0.5, 0.6) is 0 Å². The minimum Gasteiger partial charge on any atom is -0.355 e. The SMILES string of the molecule is Cn1ccnc1C1CNCCN1CC(=O)NCCC1CCCCC1. The highest BCUT2D eigenvalue weighted by molar-refractivity contribution is 5.78. The highest BCUT2D eigenvalue weighted by atomic mass is 16.2. The minimum absolute atomic E-state index is 0.145. The van der Waals surface area contributed by atoms with Crippen molar-refractivity contribution in [3.05, 3.63) is 18.2 Å². The molecular formula is C18H31N5O. The average molecular weight is 333 g/mol. The molecule has 1 atom stereocenters. The molecular weight excluding hydrogens is 302 g/mol. The summed E-state index contributed by atoms with van der Waals surface area (Å²) >= 11 is 0. The van der Waals surface area contributed by atoms with E-state index in [2.05, 4.69) is 20.5 Å². The third kappa shape index (κ3) is 4.57. The van der Waals surface area contributed by atoms with Crippen LogP contribution in [0.3, 0.4) is 0 Å². The number of amides is 1. The Morgan fingerprint density at radius 3 is 2.96 bits per heavy atom. The van der Waals surface area contributed by atoms with Crippen molar-refractivity contribution in [1.29, 1.82) is 0 Å². The van der Waals surface area contributed by atoms with Crippen molar-refractivity contribution < 1.29 is 4.79 Å². The van der Waals surface area contributed by atoms with Gasteiger partial charge >= 0.3 is 0 Å². The number of carbonyl (C=O) groups excluding carboxylic acids is 1. The summed E-state index contributed by atoms with van der Waals surface area (Å²) in [5.41, 5.74) is 0. The Balaban J connectivity index is 1.46. The summed E-state index contributed by atoms with van der Waals surface area (Å²) in [7, 11) is 2.01. The predicted molar refractivity (Wildman–Crippen MR) is 94.6 cm³/mol. The van der Waals surface area contributed by atoms with Gasteiger partial charge in [0.15, 0.2) is 0 Å². The molecule has 2 fully saturated rings. The normalized spacial score (nSPS) is 23.3. The molecule has 1 aliphatic heterocycles. The first-order valence-electron chi connectivity index (χ1n) is 9.42. The number of rotatable bonds is 6. The van der Waals surface area contributed by atoms with Crippen LogP contribution in [-0.4, -0.2) is 53.1 Å². The lowest BCUT2D eigenvalue weighted by atomic mass is 9.87. The molecule has 134 valence electrons. The molecule has 1 unspecified atom stereocenters. The van der Waals surface area contributed by atoms with Gasteiger partial charge in [-0.25, -0.2) is 4.98 Å². The molecule has 0 bridgehead atoms. The Morgan fingerprint density at radius 2 is 2.21 bits per heavy atom. The fourth-order valence-electron chi connectivity index (χ4n) is 4.02. The minimum atomic E-state index is 0.145. The molecule has 2 aliphatic rings. The lowest BCUT2D eigenvalue weighted by Crippen LogP contribution is -2.50. The van der Waals surface area contributed by atoms with Gasteiger partial charge < -0.3 is 15.2 Å². The molecule has 24 heavy (non-hydrogen) atoms. The zero-order valence-electron chi connectivity index (χ0n) is 14.8. The van der Waals surface area contributed by atoms with Gasteiger partial charge in [-0.2, -0.15) is 0 Å². The number of hydrogen-bond donors (Lipinski definition) is 2. The van der Waals surface area contributed by atoms with Gasteiger partial charge in [0, 0.05) is 45.6 Å². The van der Waals surface area contributed by atoms with E-state index < -0.39 is 0 Å². The molecule has 3 rings (SSSR count). The first-order chi connectivity index (χ1) is 11.7. The molecule has 1 saturated heterocycles. The summed E-state index contributed by atoms with van der Waals surface area (Å²) in [6.07, 6.45) is 11.7. The van der Waals surface area contributed by atoms with E-state index in [4.69, 9.17) is 0 Å². The molecule has 2 N–H and O–H groups in total. The van der Waals surface area contributed by atoms with E-state index in [1.807, 2.05) is 24.0 Å². The molecule has 0 aromatic carbocycles. The van der Waals surface area contributed by atoms with Gasteiger partial charge in [0.2, 0.25) is 5.91 Å². The Labute approximate surface area is 145 Å². The van der Waals surface area contributed by atoms with E-state index in [0.717, 1.165) is 44.3 Å². The lowest BCUT2D eigenvalue weighted by Gasteiger charge is -2.35. The maximum Gasteiger partial charge on any atom is 0.234 e. The van der Waals surface area contributed by atoms with Crippen LogP contribution in [-0.2, 0) is 11.8 Å². The second-order valence-corrected chi connectivity index (χ2v) is 7.23. The average Bonchev–Trinajstić information content (AvgIpc) is 3.02. The second-order valence-electron chi connectivity index (χ2n) is 7.23. The van der Waals surface area contributed by atoms with Crippen LogP contribution in [0.15, 0.2) is 12.4 Å². The topological polar surface area (TPSA) is 62.2 Å². The van der Waals surface area contributed by atoms with Crippen LogP contribution in [0.1, 0.15) is 50.4 Å². The van der Waals surface area contributed by atoms with Crippen LogP contribution in [0.4, 0.5) is 0 Å². The van der Waals surface area contributed by atoms with E-state index in [-0.39, 0.29) is 11.9 Å². The summed E-state index contributed by atoms with van der Waals surface area (Å²) in [6.45, 7) is 3.94. The summed E-state index contributed by atoms with van der Waals surface area (Å²) in [6, 6.07) is 0.169. The molecule has 0 radical (unpaired) electrons. The Bertz CT molecular complexity index is 523. The summed E-state index contributed by atoms with van der Waals surface area (Å²) in [5.74, 6) is 1.99. The number of imidazole rings is 1. The van der Waals surface area contributed by atoms with E-state index in [1.54, 1.807) is 0 Å². The molecule has 1 amide bonds. The van der Waals surface area contributed by atoms with Crippen LogP contribution < -0.4 is 10.6 Å². The van der Waals surface area contributed by atoms with Crippen LogP contribution in [0, 0.1) is 5.92 Å². The number of nitrogens with one attached hydrogen (secondary N) is 2. The van der Waals surface area contributed by atoms with Gasteiger partial charge in [0.25, 0.3) is 0 Å². The van der Waals surface area contributed by atoms with Crippen molar-refractivity contribution in [3.8, 4) is 0 Å². The maximum absolute atomic E-state index is 12.4. The van der Waals surface area contributed by atoms with Crippen LogP contribution in [0.25, 0.3) is 0 Å². The Kier molecular flexibility index (Phi) is 6.26. The number of piperazine rings is 1. The van der Waals surface area contributed by atoms with Crippen molar-refractivity contribution >= 4 is 5.91 Å². The third-order valence-electron chi connectivity index (χ3n) is 5.46. The Hall–Kier alpha value is -1.40. The van der Waals surface area contributed by atoms with Crippen molar-refractivity contribution in [1.82, 2.24) is 25.1 Å². The van der Waals surface area contributed by atoms with Gasteiger partial charge in [-0.3, -0.25) is 9.69 Å². The first kappa shape index (κ1) is 17.4. The third-order valence-corrected chi connectivity index (χ3v) is 5.46. The summed E-state index contributed by atoms with van der Waals surface area (Å²) in [5, 5.41) is 6.54. The molecule has 1 aliphatic carbocycles. The number of hydrogen-bond acceptors (Lipinski definition) is 4. The maximum atomic E-state index is 12.4. The second kappa shape index (κ2) is 8.62. The van der Waals surface area contributed by atoms with Gasteiger partial charge in [0.1, 0.15) is 5.82 Å². The van der Waals surface area contributed by atoms with Gasteiger partial charge in [-0.05, 0) is 12.3 Å². The van der Waals surface area contributed by atoms with Gasteiger partial charge in [-0.1, -0.05) is 32.1 Å². The van der Waals surface area contributed by atoms with Crippen molar-refractivity contribution in [2.45, 2.75) is 44.6 Å². The van der Waals surface area contributed by atoms with Crippen molar-refractivity contribution in [2.75, 3.05) is 32.7 Å². The molecule has 2 heterocycles. The molecule has 1 aromatic rings. The highest BCUT2D eigenvalue weighted by Gasteiger charge is 2.28. The first-order valence-corrected chi connectivity index (χ1v) is 9.42. The zero-order valence-corrected chi connectivity index (χ0v) is 14.8. The highest BCUT2D eigenvalue weighted by Crippen LogP contribution is 2.25. The summed E-state index contributed by atoms with van der Waals surface area (Å²) in [4.78, 5) is 19.1. The van der Waals surface area contributed by atoms with Crippen LogP contribution in [0.2, 0.25) is 0 Å². The number of aryl methyl sites for hydroxylation is 1. The van der Waals surface area contributed by atoms with E-state index in [1.165, 1.54) is 32.1 Å². The molecule has 0 spiro atoms. The van der Waals surface area contributed by atoms with Crippen molar-refractivity contribution in [3.63, 3.8) is 0 Å². The largest absolute Gasteiger partial charge is 0.355 e. The molecule has 6 heteroatoms. The molecule has 1 saturated carbocycles. The van der Waals surface area contributed by atoms with Crippen LogP contribution >= 0.6 is 0 Å². The van der Waals surface area contributed by atoms with Crippen molar-refractivity contribution in [2.24, 2.45) is 13.0 Å². The zero-order chi connectivity index (χ0) is 16.8. The number of aromatic nitrogens is 2. The number of carbonyl (C=O) groups is 1. The molecule has 6 nitrogen and oxygen atoms in total. The summed E-state index contributed by atoms with van der Waals surface area (Å²) < 4.78 is 2.05. The monoisotopic (exact) mass is 333 g/mol. The smallest absolute Gasteiger partial charge is 0.234 e. The van der Waals surface area contributed by atoms with E-state index in [0.29, 0.717) is 6.54 Å². The van der Waals surface area contributed by atoms with E-state index >= 15 is 0 Å². The molecule has 1 aromatic heterocycles. The quantitative estimate of drug-likeness (QED) is 0.827. The lowest BCUT2D eigenvalue weighted by molar-refractivity contribution is -0.123. The van der Waals surface area contributed by atoms with Gasteiger partial charge in [0.05, 0.1) is 12.6 Å². The van der Waals surface area contributed by atoms with Gasteiger partial charge in [-0.15, -0.1) is 0 Å². The standard InChI is InChI=1S/C18H31N5O/c1-22-11-10-21-18(22)16-13-19-9-12-23(16)14-17(24)20-8-7-15-5-3-2-4-6-15/h10-11,15-16,19H,2-9,12-14H2,1H3,(H,20,24). The fourth-order valence-corrected chi connectivity index (χ4v) is 4.02. The Morgan fingerprint density at radius 1 is 1.38 bits per heavy atom.